The predicted molar refractivity (Wildman–Crippen MR) is 114 cm³/mol. The van der Waals surface area contributed by atoms with E-state index < -0.39 is 0 Å². The van der Waals surface area contributed by atoms with Gasteiger partial charge >= 0.3 is 0 Å². The maximum absolute atomic E-state index is 5.69. The summed E-state index contributed by atoms with van der Waals surface area (Å²) >= 11 is 0. The van der Waals surface area contributed by atoms with E-state index in [0.717, 1.165) is 47.9 Å². The predicted octanol–water partition coefficient (Wildman–Crippen LogP) is 7.32. The maximum atomic E-state index is 5.69. The fourth-order valence-corrected chi connectivity index (χ4v) is 2.46. The normalized spacial score (nSPS) is 11.3. The molecule has 0 aliphatic carbocycles. The molecule has 0 unspecified atom stereocenters. The van der Waals surface area contributed by atoms with Gasteiger partial charge in [-0.05, 0) is 73.5 Å². The molecular formula is C23H24N4O2. The van der Waals surface area contributed by atoms with Crippen LogP contribution in [-0.4, -0.2) is 20.3 Å². The van der Waals surface area contributed by atoms with Crippen LogP contribution in [0.15, 0.2) is 99.3 Å². The minimum absolute atomic E-state index is 0.679. The van der Waals surface area contributed by atoms with Crippen LogP contribution in [0.1, 0.15) is 12.8 Å². The Balaban J connectivity index is 1.50. The third kappa shape index (κ3) is 7.27. The lowest BCUT2D eigenvalue weighted by Crippen LogP contribution is -1.99. The van der Waals surface area contributed by atoms with Gasteiger partial charge in [0.25, 0.3) is 0 Å². The molecule has 6 heteroatoms. The second-order valence-corrected chi connectivity index (χ2v) is 6.29. The topological polar surface area (TPSA) is 67.9 Å². The fourth-order valence-electron chi connectivity index (χ4n) is 2.46. The van der Waals surface area contributed by atoms with Gasteiger partial charge in [-0.2, -0.15) is 20.5 Å². The summed E-state index contributed by atoms with van der Waals surface area (Å²) in [6, 6.07) is 24.6. The summed E-state index contributed by atoms with van der Waals surface area (Å²) in [6.45, 7) is 1.44. The second-order valence-electron chi connectivity index (χ2n) is 6.29. The Kier molecular flexibility index (Phi) is 8.04. The molecule has 0 N–H and O–H groups in total. The van der Waals surface area contributed by atoms with E-state index in [-0.39, 0.29) is 0 Å². The lowest BCUT2D eigenvalue weighted by atomic mass is 10.3. The second kappa shape index (κ2) is 11.5. The maximum Gasteiger partial charge on any atom is 0.119 e. The number of unbranched alkanes of at least 4 members (excludes halogenated alkanes) is 1. The highest BCUT2D eigenvalue weighted by Gasteiger charge is 1.97. The molecule has 0 fully saturated rings. The highest BCUT2D eigenvalue weighted by molar-refractivity contribution is 5.48. The van der Waals surface area contributed by atoms with Crippen molar-refractivity contribution in [1.29, 1.82) is 0 Å². The summed E-state index contributed by atoms with van der Waals surface area (Å²) in [6.07, 6.45) is 1.96. The van der Waals surface area contributed by atoms with Crippen molar-refractivity contribution in [2.24, 2.45) is 20.5 Å². The number of ether oxygens (including phenoxy) is 2. The van der Waals surface area contributed by atoms with Crippen molar-refractivity contribution in [3.8, 4) is 5.75 Å². The monoisotopic (exact) mass is 388 g/mol. The number of benzene rings is 3. The van der Waals surface area contributed by atoms with Crippen LogP contribution in [0.4, 0.5) is 22.7 Å². The molecule has 3 aromatic carbocycles. The van der Waals surface area contributed by atoms with Gasteiger partial charge in [0.1, 0.15) is 5.75 Å². The molecule has 0 bridgehead atoms. The van der Waals surface area contributed by atoms with Crippen LogP contribution < -0.4 is 4.74 Å². The van der Waals surface area contributed by atoms with Crippen LogP contribution in [0.3, 0.4) is 0 Å². The quantitative estimate of drug-likeness (QED) is 0.270. The largest absolute Gasteiger partial charge is 0.494 e. The summed E-state index contributed by atoms with van der Waals surface area (Å²) in [5.74, 6) is 0.828. The smallest absolute Gasteiger partial charge is 0.119 e. The van der Waals surface area contributed by atoms with Gasteiger partial charge in [0, 0.05) is 13.7 Å². The Labute approximate surface area is 170 Å². The highest BCUT2D eigenvalue weighted by Crippen LogP contribution is 2.24. The van der Waals surface area contributed by atoms with Crippen molar-refractivity contribution in [2.45, 2.75) is 12.8 Å². The number of hydrogen-bond acceptors (Lipinski definition) is 6. The van der Waals surface area contributed by atoms with E-state index >= 15 is 0 Å². The average molecular weight is 388 g/mol. The SMILES string of the molecule is COCCCCOc1ccc(N=Nc2ccc(N=Nc3ccccc3)cc2)cc1. The number of methoxy groups -OCH3 is 1. The van der Waals surface area contributed by atoms with E-state index in [2.05, 4.69) is 20.5 Å². The van der Waals surface area contributed by atoms with Gasteiger partial charge in [-0.1, -0.05) is 18.2 Å². The van der Waals surface area contributed by atoms with E-state index in [0.29, 0.717) is 6.61 Å². The Morgan fingerprint density at radius 1 is 0.552 bits per heavy atom. The van der Waals surface area contributed by atoms with Crippen LogP contribution in [0, 0.1) is 0 Å². The van der Waals surface area contributed by atoms with Crippen molar-refractivity contribution in [3.63, 3.8) is 0 Å². The first-order chi connectivity index (χ1) is 14.3. The molecular weight excluding hydrogens is 364 g/mol. The van der Waals surface area contributed by atoms with Crippen molar-refractivity contribution >= 4 is 22.7 Å². The standard InChI is InChI=1S/C23H24N4O2/c1-28-17-5-6-18-29-23-15-13-22(14-16-23)27-26-21-11-9-20(10-12-21)25-24-19-7-3-2-4-8-19/h2-4,7-16H,5-6,17-18H2,1H3. The Morgan fingerprint density at radius 2 is 1.00 bits per heavy atom. The van der Waals surface area contributed by atoms with Crippen LogP contribution >= 0.6 is 0 Å². The van der Waals surface area contributed by atoms with Crippen LogP contribution in [0.25, 0.3) is 0 Å². The zero-order chi connectivity index (χ0) is 20.2. The first-order valence-corrected chi connectivity index (χ1v) is 9.54. The Morgan fingerprint density at radius 3 is 1.52 bits per heavy atom. The van der Waals surface area contributed by atoms with E-state index in [9.17, 15) is 0 Å². The van der Waals surface area contributed by atoms with Gasteiger partial charge in [0.05, 0.1) is 29.4 Å². The van der Waals surface area contributed by atoms with Gasteiger partial charge in [-0.15, -0.1) is 0 Å². The zero-order valence-corrected chi connectivity index (χ0v) is 16.4. The van der Waals surface area contributed by atoms with E-state index in [1.165, 1.54) is 0 Å². The fraction of sp³-hybridized carbons (Fsp3) is 0.217. The molecule has 0 amide bonds. The molecule has 0 spiro atoms. The minimum atomic E-state index is 0.679. The number of nitrogens with zero attached hydrogens (tertiary/aromatic N) is 4. The Bertz CT molecular complexity index is 908. The van der Waals surface area contributed by atoms with Crippen LogP contribution in [0.5, 0.6) is 5.75 Å². The average Bonchev–Trinajstić information content (AvgIpc) is 2.78. The molecule has 3 rings (SSSR count). The van der Waals surface area contributed by atoms with Crippen LogP contribution in [0.2, 0.25) is 0 Å². The van der Waals surface area contributed by atoms with E-state index in [1.807, 2.05) is 78.9 Å². The minimum Gasteiger partial charge on any atom is -0.494 e. The Hall–Kier alpha value is -3.38. The van der Waals surface area contributed by atoms with Gasteiger partial charge in [0.2, 0.25) is 0 Å². The summed E-state index contributed by atoms with van der Waals surface area (Å²) in [5.41, 5.74) is 3.10. The lowest BCUT2D eigenvalue weighted by molar-refractivity contribution is 0.184. The van der Waals surface area contributed by atoms with Gasteiger partial charge in [-0.25, -0.2) is 0 Å². The number of rotatable bonds is 10. The van der Waals surface area contributed by atoms with Crippen molar-refractivity contribution < 1.29 is 9.47 Å². The van der Waals surface area contributed by atoms with Gasteiger partial charge in [-0.3, -0.25) is 0 Å². The molecule has 3 aromatic rings. The molecule has 0 radical (unpaired) electrons. The molecule has 148 valence electrons. The summed E-state index contributed by atoms with van der Waals surface area (Å²) in [7, 11) is 1.71. The van der Waals surface area contributed by atoms with Gasteiger partial charge in [0.15, 0.2) is 0 Å². The molecule has 0 saturated heterocycles. The first kappa shape index (κ1) is 20.4. The molecule has 0 heterocycles. The van der Waals surface area contributed by atoms with E-state index in [4.69, 9.17) is 9.47 Å². The third-order valence-corrected chi connectivity index (χ3v) is 4.02. The van der Waals surface area contributed by atoms with Gasteiger partial charge < -0.3 is 9.47 Å². The molecule has 6 nitrogen and oxygen atoms in total. The van der Waals surface area contributed by atoms with E-state index in [1.54, 1.807) is 7.11 Å². The molecule has 0 aliphatic rings. The van der Waals surface area contributed by atoms with Crippen molar-refractivity contribution in [1.82, 2.24) is 0 Å². The summed E-state index contributed by atoms with van der Waals surface area (Å²) < 4.78 is 10.7. The molecule has 0 aromatic heterocycles. The number of azo groups is 2. The number of hydrogen-bond donors (Lipinski definition) is 0. The van der Waals surface area contributed by atoms with Crippen LogP contribution in [-0.2, 0) is 4.74 Å². The summed E-state index contributed by atoms with van der Waals surface area (Å²) in [4.78, 5) is 0. The highest BCUT2D eigenvalue weighted by atomic mass is 16.5. The third-order valence-electron chi connectivity index (χ3n) is 4.02. The molecule has 0 saturated carbocycles. The van der Waals surface area contributed by atoms with Crippen molar-refractivity contribution in [2.75, 3.05) is 20.3 Å². The van der Waals surface area contributed by atoms with Crippen molar-refractivity contribution in [3.05, 3.63) is 78.9 Å². The molecule has 0 aliphatic heterocycles. The molecule has 29 heavy (non-hydrogen) atoms. The first-order valence-electron chi connectivity index (χ1n) is 9.54. The lowest BCUT2D eigenvalue weighted by Gasteiger charge is -2.05. The zero-order valence-electron chi connectivity index (χ0n) is 16.4. The molecule has 0 atom stereocenters. The summed E-state index contributed by atoms with van der Waals surface area (Å²) in [5, 5.41) is 16.9.